The van der Waals surface area contributed by atoms with Crippen molar-refractivity contribution in [1.29, 1.82) is 0 Å². The molecule has 0 aliphatic heterocycles. The summed E-state index contributed by atoms with van der Waals surface area (Å²) in [6.07, 6.45) is 1.00. The Labute approximate surface area is 110 Å². The largest absolute Gasteiger partial charge is 0.385 e. The van der Waals surface area contributed by atoms with Gasteiger partial charge in [0.25, 0.3) is 5.91 Å². The number of hydrogen-bond donors (Lipinski definition) is 2. The van der Waals surface area contributed by atoms with Crippen molar-refractivity contribution in [1.82, 2.24) is 5.32 Å². The van der Waals surface area contributed by atoms with E-state index in [0.717, 1.165) is 18.7 Å². The van der Waals surface area contributed by atoms with Crippen molar-refractivity contribution in [2.24, 2.45) is 5.92 Å². The van der Waals surface area contributed by atoms with Gasteiger partial charge in [0.15, 0.2) is 0 Å². The van der Waals surface area contributed by atoms with Crippen LogP contribution in [0.4, 0.5) is 5.69 Å². The summed E-state index contributed by atoms with van der Waals surface area (Å²) in [6.45, 7) is 9.30. The SMILES string of the molecule is CCNc1ccc(C(=O)NC(C)CC(C)C)cc1. The van der Waals surface area contributed by atoms with E-state index in [2.05, 4.69) is 24.5 Å². The third kappa shape index (κ3) is 4.78. The lowest BCUT2D eigenvalue weighted by atomic mass is 10.0. The summed E-state index contributed by atoms with van der Waals surface area (Å²) in [5, 5.41) is 6.23. The van der Waals surface area contributed by atoms with Crippen molar-refractivity contribution in [3.8, 4) is 0 Å². The highest BCUT2D eigenvalue weighted by atomic mass is 16.1. The van der Waals surface area contributed by atoms with E-state index in [-0.39, 0.29) is 11.9 Å². The molecule has 0 saturated heterocycles. The second kappa shape index (κ2) is 7.04. The summed E-state index contributed by atoms with van der Waals surface area (Å²) in [4.78, 5) is 12.0. The summed E-state index contributed by atoms with van der Waals surface area (Å²) >= 11 is 0. The zero-order valence-electron chi connectivity index (χ0n) is 11.8. The molecule has 100 valence electrons. The lowest BCUT2D eigenvalue weighted by Crippen LogP contribution is -2.33. The van der Waals surface area contributed by atoms with E-state index < -0.39 is 0 Å². The first kappa shape index (κ1) is 14.6. The van der Waals surface area contributed by atoms with Gasteiger partial charge in [0.2, 0.25) is 0 Å². The molecule has 0 radical (unpaired) electrons. The average Bonchev–Trinajstić information content (AvgIpc) is 2.29. The minimum atomic E-state index is 0.00574. The monoisotopic (exact) mass is 248 g/mol. The van der Waals surface area contributed by atoms with Crippen molar-refractivity contribution < 1.29 is 4.79 Å². The molecule has 3 heteroatoms. The van der Waals surface area contributed by atoms with E-state index in [9.17, 15) is 4.79 Å². The quantitative estimate of drug-likeness (QED) is 0.811. The van der Waals surface area contributed by atoms with Crippen molar-refractivity contribution in [2.45, 2.75) is 40.2 Å². The Bertz CT molecular complexity index is 371. The molecule has 1 unspecified atom stereocenters. The van der Waals surface area contributed by atoms with E-state index in [0.29, 0.717) is 11.5 Å². The highest BCUT2D eigenvalue weighted by Crippen LogP contribution is 2.10. The fraction of sp³-hybridized carbons (Fsp3) is 0.533. The Morgan fingerprint density at radius 2 is 1.78 bits per heavy atom. The van der Waals surface area contributed by atoms with E-state index in [1.807, 2.05) is 38.1 Å². The molecule has 0 fully saturated rings. The number of benzene rings is 1. The van der Waals surface area contributed by atoms with Gasteiger partial charge in [-0.1, -0.05) is 13.8 Å². The third-order valence-corrected chi connectivity index (χ3v) is 2.73. The van der Waals surface area contributed by atoms with Gasteiger partial charge in [-0.25, -0.2) is 0 Å². The predicted octanol–water partition coefficient (Wildman–Crippen LogP) is 3.28. The van der Waals surface area contributed by atoms with Gasteiger partial charge in [0.1, 0.15) is 0 Å². The summed E-state index contributed by atoms with van der Waals surface area (Å²) in [6, 6.07) is 7.80. The first-order valence-corrected chi connectivity index (χ1v) is 6.67. The minimum absolute atomic E-state index is 0.00574. The summed E-state index contributed by atoms with van der Waals surface area (Å²) < 4.78 is 0. The average molecular weight is 248 g/mol. The number of anilines is 1. The number of nitrogens with one attached hydrogen (secondary N) is 2. The smallest absolute Gasteiger partial charge is 0.251 e. The molecular formula is C15H24N2O. The van der Waals surface area contributed by atoms with Gasteiger partial charge in [0.05, 0.1) is 0 Å². The van der Waals surface area contributed by atoms with Gasteiger partial charge in [-0.05, 0) is 50.5 Å². The van der Waals surface area contributed by atoms with Gasteiger partial charge in [-0.3, -0.25) is 4.79 Å². The number of rotatable bonds is 6. The molecule has 1 rings (SSSR count). The molecule has 0 spiro atoms. The van der Waals surface area contributed by atoms with Crippen LogP contribution in [-0.4, -0.2) is 18.5 Å². The van der Waals surface area contributed by atoms with Crippen LogP contribution in [0.15, 0.2) is 24.3 Å². The van der Waals surface area contributed by atoms with Crippen LogP contribution in [0.1, 0.15) is 44.5 Å². The van der Waals surface area contributed by atoms with Gasteiger partial charge in [-0.15, -0.1) is 0 Å². The Hall–Kier alpha value is -1.51. The molecule has 1 aromatic carbocycles. The Balaban J connectivity index is 2.56. The molecule has 18 heavy (non-hydrogen) atoms. The van der Waals surface area contributed by atoms with Crippen LogP contribution in [0.5, 0.6) is 0 Å². The molecule has 0 bridgehead atoms. The molecule has 1 amide bonds. The van der Waals surface area contributed by atoms with Crippen LogP contribution in [0.25, 0.3) is 0 Å². The van der Waals surface area contributed by atoms with Crippen LogP contribution >= 0.6 is 0 Å². The zero-order valence-corrected chi connectivity index (χ0v) is 11.8. The van der Waals surface area contributed by atoms with E-state index in [1.165, 1.54) is 0 Å². The Morgan fingerprint density at radius 1 is 1.17 bits per heavy atom. The predicted molar refractivity (Wildman–Crippen MR) is 77.0 cm³/mol. The molecule has 2 N–H and O–H groups in total. The first-order chi connectivity index (χ1) is 8.52. The van der Waals surface area contributed by atoms with Crippen LogP contribution in [0.3, 0.4) is 0 Å². The van der Waals surface area contributed by atoms with Crippen molar-refractivity contribution >= 4 is 11.6 Å². The summed E-state index contributed by atoms with van der Waals surface area (Å²) in [7, 11) is 0. The van der Waals surface area contributed by atoms with Crippen LogP contribution in [-0.2, 0) is 0 Å². The van der Waals surface area contributed by atoms with Crippen molar-refractivity contribution in [2.75, 3.05) is 11.9 Å². The molecule has 3 nitrogen and oxygen atoms in total. The molecule has 0 aliphatic carbocycles. The highest BCUT2D eigenvalue weighted by molar-refractivity contribution is 5.94. The maximum absolute atomic E-state index is 12.0. The van der Waals surface area contributed by atoms with E-state index >= 15 is 0 Å². The fourth-order valence-corrected chi connectivity index (χ4v) is 2.02. The second-order valence-corrected chi connectivity index (χ2v) is 5.11. The van der Waals surface area contributed by atoms with Crippen molar-refractivity contribution in [3.05, 3.63) is 29.8 Å². The molecule has 1 aromatic rings. The number of amides is 1. The third-order valence-electron chi connectivity index (χ3n) is 2.73. The first-order valence-electron chi connectivity index (χ1n) is 6.67. The van der Waals surface area contributed by atoms with Gasteiger partial charge >= 0.3 is 0 Å². The number of hydrogen-bond acceptors (Lipinski definition) is 2. The van der Waals surface area contributed by atoms with Gasteiger partial charge in [0, 0.05) is 23.8 Å². The molecule has 1 atom stereocenters. The maximum Gasteiger partial charge on any atom is 0.251 e. The Kier molecular flexibility index (Phi) is 5.69. The van der Waals surface area contributed by atoms with Crippen LogP contribution in [0, 0.1) is 5.92 Å². The molecule has 0 aromatic heterocycles. The van der Waals surface area contributed by atoms with Crippen molar-refractivity contribution in [3.63, 3.8) is 0 Å². The van der Waals surface area contributed by atoms with Crippen LogP contribution in [0.2, 0.25) is 0 Å². The van der Waals surface area contributed by atoms with E-state index in [1.54, 1.807) is 0 Å². The topological polar surface area (TPSA) is 41.1 Å². The highest BCUT2D eigenvalue weighted by Gasteiger charge is 2.10. The summed E-state index contributed by atoms with van der Waals surface area (Å²) in [5.41, 5.74) is 1.76. The lowest BCUT2D eigenvalue weighted by molar-refractivity contribution is 0.0936. The molecule has 0 saturated carbocycles. The number of carbonyl (C=O) groups excluding carboxylic acids is 1. The van der Waals surface area contributed by atoms with Crippen LogP contribution < -0.4 is 10.6 Å². The van der Waals surface area contributed by atoms with E-state index in [4.69, 9.17) is 0 Å². The standard InChI is InChI=1S/C15H24N2O/c1-5-16-14-8-6-13(7-9-14)15(18)17-12(4)10-11(2)3/h6-9,11-12,16H,5,10H2,1-4H3,(H,17,18). The molecular weight excluding hydrogens is 224 g/mol. The maximum atomic E-state index is 12.0. The van der Waals surface area contributed by atoms with Gasteiger partial charge < -0.3 is 10.6 Å². The lowest BCUT2D eigenvalue weighted by Gasteiger charge is -2.16. The molecule has 0 aliphatic rings. The number of carbonyl (C=O) groups is 1. The normalized spacial score (nSPS) is 12.3. The minimum Gasteiger partial charge on any atom is -0.385 e. The zero-order chi connectivity index (χ0) is 13.5. The Morgan fingerprint density at radius 3 is 2.28 bits per heavy atom. The fourth-order valence-electron chi connectivity index (χ4n) is 2.02. The second-order valence-electron chi connectivity index (χ2n) is 5.11. The van der Waals surface area contributed by atoms with Gasteiger partial charge in [-0.2, -0.15) is 0 Å². The summed E-state index contributed by atoms with van der Waals surface area (Å²) in [5.74, 6) is 0.600. The molecule has 0 heterocycles.